The van der Waals surface area contributed by atoms with Gasteiger partial charge in [0.1, 0.15) is 0 Å². The van der Waals surface area contributed by atoms with Gasteiger partial charge in [0.15, 0.2) is 17.5 Å². The van der Waals surface area contributed by atoms with Gasteiger partial charge in [-0.2, -0.15) is 0 Å². The number of benzene rings is 1. The lowest BCUT2D eigenvalue weighted by molar-refractivity contribution is 0.198. The van der Waals surface area contributed by atoms with Gasteiger partial charge in [0, 0.05) is 33.2 Å². The van der Waals surface area contributed by atoms with Crippen molar-refractivity contribution in [1.29, 1.82) is 0 Å². The van der Waals surface area contributed by atoms with Crippen molar-refractivity contribution >= 4 is 5.96 Å². The summed E-state index contributed by atoms with van der Waals surface area (Å²) in [4.78, 5) is 9.39. The fourth-order valence-corrected chi connectivity index (χ4v) is 4.12. The molecule has 0 bridgehead atoms. The Morgan fingerprint density at radius 3 is 2.78 bits per heavy atom. The first-order valence-corrected chi connectivity index (χ1v) is 10.3. The van der Waals surface area contributed by atoms with Crippen LogP contribution in [0.4, 0.5) is 4.39 Å². The predicted octanol–water partition coefficient (Wildman–Crippen LogP) is 3.11. The highest BCUT2D eigenvalue weighted by Crippen LogP contribution is 2.21. The van der Waals surface area contributed by atoms with Crippen LogP contribution in [0.1, 0.15) is 38.2 Å². The first-order valence-electron chi connectivity index (χ1n) is 10.3. The zero-order chi connectivity index (χ0) is 19.1. The Bertz CT molecular complexity index is 631. The summed E-state index contributed by atoms with van der Waals surface area (Å²) in [5.74, 6) is 1.62. The molecule has 150 valence electrons. The van der Waals surface area contributed by atoms with E-state index in [1.54, 1.807) is 6.07 Å². The van der Waals surface area contributed by atoms with Crippen LogP contribution in [0.25, 0.3) is 0 Å². The van der Waals surface area contributed by atoms with E-state index < -0.39 is 0 Å². The van der Waals surface area contributed by atoms with Crippen molar-refractivity contribution in [2.75, 3.05) is 46.4 Å². The van der Waals surface area contributed by atoms with Gasteiger partial charge in [-0.15, -0.1) is 0 Å². The van der Waals surface area contributed by atoms with E-state index >= 15 is 0 Å². The second-order valence-corrected chi connectivity index (χ2v) is 7.56. The Morgan fingerprint density at radius 2 is 2.07 bits per heavy atom. The fourth-order valence-electron chi connectivity index (χ4n) is 4.12. The number of hydrogen-bond acceptors (Lipinski definition) is 3. The molecule has 0 saturated carbocycles. The summed E-state index contributed by atoms with van der Waals surface area (Å²) in [6.07, 6.45) is 5.29. The van der Waals surface area contributed by atoms with Gasteiger partial charge >= 0.3 is 0 Å². The molecule has 1 aromatic carbocycles. The standard InChI is InChI=1S/C21H33FN4O/c1-3-27-20-8-7-17(13-19(20)22)14-24-21(23-2)26-12-9-18(16-26)15-25-10-5-4-6-11-25/h7-8,13,18H,3-6,9-12,14-16H2,1-2H3,(H,23,24). The van der Waals surface area contributed by atoms with E-state index in [0.717, 1.165) is 24.6 Å². The average Bonchev–Trinajstić information content (AvgIpc) is 3.13. The normalized spacial score (nSPS) is 21.5. The first-order chi connectivity index (χ1) is 13.2. The first kappa shape index (κ1) is 19.9. The zero-order valence-electron chi connectivity index (χ0n) is 16.7. The highest BCUT2D eigenvalue weighted by atomic mass is 19.1. The van der Waals surface area contributed by atoms with Crippen LogP contribution in [-0.4, -0.2) is 62.1 Å². The molecule has 1 unspecified atom stereocenters. The van der Waals surface area contributed by atoms with Crippen LogP contribution < -0.4 is 10.1 Å². The average molecular weight is 377 g/mol. The maximum atomic E-state index is 14.0. The number of nitrogens with zero attached hydrogens (tertiary/aromatic N) is 3. The molecule has 0 aromatic heterocycles. The number of aliphatic imine (C=N–C) groups is 1. The minimum Gasteiger partial charge on any atom is -0.491 e. The van der Waals surface area contributed by atoms with Crippen LogP contribution in [0.2, 0.25) is 0 Å². The molecule has 5 nitrogen and oxygen atoms in total. The summed E-state index contributed by atoms with van der Waals surface area (Å²) in [7, 11) is 1.82. The molecule has 1 aromatic rings. The number of hydrogen-bond donors (Lipinski definition) is 1. The second kappa shape index (κ2) is 9.93. The third-order valence-corrected chi connectivity index (χ3v) is 5.51. The molecule has 2 heterocycles. The minimum atomic E-state index is -0.311. The molecule has 1 atom stereocenters. The van der Waals surface area contributed by atoms with Crippen molar-refractivity contribution < 1.29 is 9.13 Å². The molecule has 0 aliphatic carbocycles. The summed E-state index contributed by atoms with van der Waals surface area (Å²) in [5, 5.41) is 3.39. The van der Waals surface area contributed by atoms with Crippen LogP contribution in [0.15, 0.2) is 23.2 Å². The van der Waals surface area contributed by atoms with Crippen molar-refractivity contribution in [3.05, 3.63) is 29.6 Å². The fraction of sp³-hybridized carbons (Fsp3) is 0.667. The summed E-state index contributed by atoms with van der Waals surface area (Å²) in [6, 6.07) is 5.13. The van der Waals surface area contributed by atoms with Crippen molar-refractivity contribution in [2.24, 2.45) is 10.9 Å². The van der Waals surface area contributed by atoms with Crippen LogP contribution in [0, 0.1) is 11.7 Å². The Labute approximate surface area is 162 Å². The molecule has 27 heavy (non-hydrogen) atoms. The lowest BCUT2D eigenvalue weighted by Gasteiger charge is -2.29. The lowest BCUT2D eigenvalue weighted by Crippen LogP contribution is -2.41. The van der Waals surface area contributed by atoms with E-state index in [0.29, 0.717) is 24.8 Å². The van der Waals surface area contributed by atoms with Crippen molar-refractivity contribution in [3.63, 3.8) is 0 Å². The van der Waals surface area contributed by atoms with Gasteiger partial charge in [0.05, 0.1) is 6.61 Å². The van der Waals surface area contributed by atoms with Gasteiger partial charge in [0.25, 0.3) is 0 Å². The lowest BCUT2D eigenvalue weighted by atomic mass is 10.1. The molecule has 3 rings (SSSR count). The number of likely N-dealkylation sites (tertiary alicyclic amines) is 2. The number of halogens is 1. The molecule has 0 spiro atoms. The largest absolute Gasteiger partial charge is 0.491 e. The van der Waals surface area contributed by atoms with Crippen LogP contribution in [-0.2, 0) is 6.54 Å². The monoisotopic (exact) mass is 376 g/mol. The highest BCUT2D eigenvalue weighted by molar-refractivity contribution is 5.80. The summed E-state index contributed by atoms with van der Waals surface area (Å²) >= 11 is 0. The Balaban J connectivity index is 1.48. The molecule has 2 aliphatic rings. The third kappa shape index (κ3) is 5.58. The molecule has 2 saturated heterocycles. The second-order valence-electron chi connectivity index (χ2n) is 7.56. The summed E-state index contributed by atoms with van der Waals surface area (Å²) < 4.78 is 19.3. The zero-order valence-corrected chi connectivity index (χ0v) is 16.7. The van der Waals surface area contributed by atoms with Crippen molar-refractivity contribution in [3.8, 4) is 5.75 Å². The van der Waals surface area contributed by atoms with E-state index in [2.05, 4.69) is 20.1 Å². The number of nitrogens with one attached hydrogen (secondary N) is 1. The summed E-state index contributed by atoms with van der Waals surface area (Å²) in [5.41, 5.74) is 0.890. The van der Waals surface area contributed by atoms with E-state index in [-0.39, 0.29) is 5.82 Å². The van der Waals surface area contributed by atoms with Crippen molar-refractivity contribution in [2.45, 2.75) is 39.2 Å². The van der Waals surface area contributed by atoms with Gasteiger partial charge in [-0.1, -0.05) is 12.5 Å². The smallest absolute Gasteiger partial charge is 0.193 e. The molecular weight excluding hydrogens is 343 g/mol. The van der Waals surface area contributed by atoms with E-state index in [1.807, 2.05) is 20.0 Å². The maximum Gasteiger partial charge on any atom is 0.193 e. The molecule has 0 radical (unpaired) electrons. The van der Waals surface area contributed by atoms with Gasteiger partial charge in [0.2, 0.25) is 0 Å². The maximum absolute atomic E-state index is 14.0. The van der Waals surface area contributed by atoms with Crippen LogP contribution >= 0.6 is 0 Å². The Hall–Kier alpha value is -1.82. The molecular formula is C21H33FN4O. The van der Waals surface area contributed by atoms with Gasteiger partial charge in [-0.25, -0.2) is 4.39 Å². The van der Waals surface area contributed by atoms with Gasteiger partial charge in [-0.05, 0) is 62.9 Å². The third-order valence-electron chi connectivity index (χ3n) is 5.51. The summed E-state index contributed by atoms with van der Waals surface area (Å²) in [6.45, 7) is 8.69. The topological polar surface area (TPSA) is 40.1 Å². The Kier molecular flexibility index (Phi) is 7.33. The number of guanidine groups is 1. The number of rotatable bonds is 6. The van der Waals surface area contributed by atoms with Crippen LogP contribution in [0.3, 0.4) is 0 Å². The highest BCUT2D eigenvalue weighted by Gasteiger charge is 2.26. The molecule has 6 heteroatoms. The Morgan fingerprint density at radius 1 is 1.26 bits per heavy atom. The van der Waals surface area contributed by atoms with Gasteiger partial charge < -0.3 is 19.9 Å². The quantitative estimate of drug-likeness (QED) is 0.612. The van der Waals surface area contributed by atoms with E-state index in [1.165, 1.54) is 51.4 Å². The molecule has 1 N–H and O–H groups in total. The number of piperidine rings is 1. The van der Waals surface area contributed by atoms with Gasteiger partial charge in [-0.3, -0.25) is 4.99 Å². The SMILES string of the molecule is CCOc1ccc(CNC(=NC)N2CCC(CN3CCCCC3)C2)cc1F. The molecule has 2 fully saturated rings. The molecule has 2 aliphatic heterocycles. The van der Waals surface area contributed by atoms with E-state index in [4.69, 9.17) is 4.74 Å². The van der Waals surface area contributed by atoms with Crippen LogP contribution in [0.5, 0.6) is 5.75 Å². The van der Waals surface area contributed by atoms with Crippen molar-refractivity contribution in [1.82, 2.24) is 15.1 Å². The molecule has 0 amide bonds. The van der Waals surface area contributed by atoms with E-state index in [9.17, 15) is 4.39 Å². The minimum absolute atomic E-state index is 0.311. The number of ether oxygens (including phenoxy) is 1. The predicted molar refractivity (Wildman–Crippen MR) is 108 cm³/mol.